The Labute approximate surface area is 120 Å². The fourth-order valence-electron chi connectivity index (χ4n) is 2.14. The third kappa shape index (κ3) is 2.50. The van der Waals surface area contributed by atoms with E-state index in [0.717, 1.165) is 10.6 Å². The smallest absolute Gasteiger partial charge is 0.232 e. The quantitative estimate of drug-likeness (QED) is 0.884. The number of thiophene rings is 1. The number of carbonyl (C=O) groups excluding carboxylic acids is 1. The van der Waals surface area contributed by atoms with Gasteiger partial charge in [0.1, 0.15) is 0 Å². The van der Waals surface area contributed by atoms with E-state index >= 15 is 0 Å². The summed E-state index contributed by atoms with van der Waals surface area (Å²) in [6.07, 6.45) is 2.24. The number of hydrogen-bond donors (Lipinski definition) is 1. The van der Waals surface area contributed by atoms with Crippen molar-refractivity contribution in [2.75, 3.05) is 17.2 Å². The summed E-state index contributed by atoms with van der Waals surface area (Å²) in [5.41, 5.74) is 0.863. The van der Waals surface area contributed by atoms with Crippen molar-refractivity contribution < 1.29 is 4.79 Å². The van der Waals surface area contributed by atoms with Gasteiger partial charge in [-0.25, -0.2) is 9.97 Å². The van der Waals surface area contributed by atoms with Crippen LogP contribution in [0, 0.1) is 5.92 Å². The minimum Gasteiger partial charge on any atom is -0.280 e. The van der Waals surface area contributed by atoms with Crippen molar-refractivity contribution >= 4 is 35.8 Å². The Morgan fingerprint density at radius 3 is 3.05 bits per heavy atom. The van der Waals surface area contributed by atoms with Gasteiger partial charge in [-0.05, 0) is 29.2 Å². The van der Waals surface area contributed by atoms with Crippen LogP contribution in [0.15, 0.2) is 29.8 Å². The van der Waals surface area contributed by atoms with E-state index in [2.05, 4.69) is 22.6 Å². The van der Waals surface area contributed by atoms with E-state index in [0.29, 0.717) is 30.6 Å². The standard InChI is InChI=1S/C13H13N3OS2/c17-12-6-9(8-18)7-16(12)13-14-4-3-10(15-13)11-2-1-5-19-11/h1-5,9,18H,6-8H2. The normalized spacial score (nSPS) is 19.1. The van der Waals surface area contributed by atoms with Gasteiger partial charge in [-0.15, -0.1) is 11.3 Å². The first-order chi connectivity index (χ1) is 9.28. The third-order valence-corrected chi connectivity index (χ3v) is 4.53. The molecule has 0 bridgehead atoms. The largest absolute Gasteiger partial charge is 0.280 e. The van der Waals surface area contributed by atoms with Crippen LogP contribution in [0.25, 0.3) is 10.6 Å². The first-order valence-corrected chi connectivity index (χ1v) is 7.57. The maximum atomic E-state index is 12.0. The first kappa shape index (κ1) is 12.6. The van der Waals surface area contributed by atoms with E-state index in [4.69, 9.17) is 0 Å². The molecule has 0 aromatic carbocycles. The molecular weight excluding hydrogens is 278 g/mol. The van der Waals surface area contributed by atoms with Gasteiger partial charge in [0.15, 0.2) is 0 Å². The van der Waals surface area contributed by atoms with Crippen LogP contribution >= 0.6 is 24.0 Å². The molecule has 19 heavy (non-hydrogen) atoms. The van der Waals surface area contributed by atoms with Crippen LogP contribution in [-0.2, 0) is 4.79 Å². The molecule has 3 heterocycles. The topological polar surface area (TPSA) is 46.1 Å². The summed E-state index contributed by atoms with van der Waals surface area (Å²) in [5, 5.41) is 2.01. The summed E-state index contributed by atoms with van der Waals surface area (Å²) in [4.78, 5) is 23.4. The Morgan fingerprint density at radius 1 is 1.47 bits per heavy atom. The van der Waals surface area contributed by atoms with Crippen LogP contribution in [0.3, 0.4) is 0 Å². The van der Waals surface area contributed by atoms with Gasteiger partial charge < -0.3 is 0 Å². The summed E-state index contributed by atoms with van der Waals surface area (Å²) in [6.45, 7) is 0.663. The summed E-state index contributed by atoms with van der Waals surface area (Å²) in [5.74, 6) is 1.60. The molecule has 4 nitrogen and oxygen atoms in total. The van der Waals surface area contributed by atoms with Gasteiger partial charge in [0, 0.05) is 19.2 Å². The zero-order valence-corrected chi connectivity index (χ0v) is 11.9. The van der Waals surface area contributed by atoms with Gasteiger partial charge in [-0.2, -0.15) is 12.6 Å². The molecule has 98 valence electrons. The van der Waals surface area contributed by atoms with Gasteiger partial charge in [-0.3, -0.25) is 9.69 Å². The average Bonchev–Trinajstić information content (AvgIpc) is 3.08. The second-order valence-corrected chi connectivity index (χ2v) is 5.79. The molecule has 0 radical (unpaired) electrons. The van der Waals surface area contributed by atoms with Crippen molar-refractivity contribution in [2.45, 2.75) is 6.42 Å². The number of nitrogens with zero attached hydrogens (tertiary/aromatic N) is 3. The molecule has 1 atom stereocenters. The zero-order chi connectivity index (χ0) is 13.2. The molecule has 1 amide bonds. The second kappa shape index (κ2) is 5.30. The van der Waals surface area contributed by atoms with Crippen LogP contribution < -0.4 is 4.90 Å². The minimum atomic E-state index is 0.0855. The van der Waals surface area contributed by atoms with Gasteiger partial charge >= 0.3 is 0 Å². The number of rotatable bonds is 3. The Hall–Kier alpha value is -1.40. The van der Waals surface area contributed by atoms with E-state index in [9.17, 15) is 4.79 Å². The van der Waals surface area contributed by atoms with Crippen molar-refractivity contribution in [1.29, 1.82) is 0 Å². The molecule has 6 heteroatoms. The Bertz CT molecular complexity index is 585. The number of aromatic nitrogens is 2. The third-order valence-electron chi connectivity index (χ3n) is 3.12. The summed E-state index contributed by atoms with van der Waals surface area (Å²) in [6, 6.07) is 5.87. The zero-order valence-electron chi connectivity index (χ0n) is 10.2. The van der Waals surface area contributed by atoms with E-state index in [-0.39, 0.29) is 5.91 Å². The number of hydrogen-bond acceptors (Lipinski definition) is 5. The van der Waals surface area contributed by atoms with Crippen LogP contribution in [0.4, 0.5) is 5.95 Å². The fraction of sp³-hybridized carbons (Fsp3) is 0.308. The lowest BCUT2D eigenvalue weighted by Crippen LogP contribution is -2.26. The molecule has 2 aromatic rings. The van der Waals surface area contributed by atoms with E-state index in [1.54, 1.807) is 22.4 Å². The van der Waals surface area contributed by atoms with Gasteiger partial charge in [0.05, 0.1) is 10.6 Å². The highest BCUT2D eigenvalue weighted by molar-refractivity contribution is 7.80. The predicted molar refractivity (Wildman–Crippen MR) is 79.7 cm³/mol. The van der Waals surface area contributed by atoms with Crippen LogP contribution in [0.2, 0.25) is 0 Å². The van der Waals surface area contributed by atoms with E-state index in [1.165, 1.54) is 0 Å². The molecule has 1 aliphatic rings. The Balaban J connectivity index is 1.90. The molecular formula is C13H13N3OS2. The maximum Gasteiger partial charge on any atom is 0.232 e. The number of amides is 1. The van der Waals surface area contributed by atoms with Crippen LogP contribution in [-0.4, -0.2) is 28.2 Å². The Kier molecular flexibility index (Phi) is 3.52. The molecule has 1 aliphatic heterocycles. The summed E-state index contributed by atoms with van der Waals surface area (Å²) in [7, 11) is 0. The molecule has 1 saturated heterocycles. The molecule has 2 aromatic heterocycles. The first-order valence-electron chi connectivity index (χ1n) is 6.06. The van der Waals surface area contributed by atoms with Gasteiger partial charge in [0.25, 0.3) is 0 Å². The van der Waals surface area contributed by atoms with Crippen molar-refractivity contribution in [3.63, 3.8) is 0 Å². The number of carbonyl (C=O) groups is 1. The maximum absolute atomic E-state index is 12.0. The number of anilines is 1. The second-order valence-electron chi connectivity index (χ2n) is 4.48. The average molecular weight is 291 g/mol. The summed E-state index contributed by atoms with van der Waals surface area (Å²) < 4.78 is 0. The molecule has 3 rings (SSSR count). The highest BCUT2D eigenvalue weighted by Crippen LogP contribution is 2.26. The molecule has 1 unspecified atom stereocenters. The monoisotopic (exact) mass is 291 g/mol. The van der Waals surface area contributed by atoms with Crippen molar-refractivity contribution in [3.05, 3.63) is 29.8 Å². The molecule has 0 spiro atoms. The molecule has 0 saturated carbocycles. The summed E-state index contributed by atoms with van der Waals surface area (Å²) >= 11 is 5.89. The lowest BCUT2D eigenvalue weighted by molar-refractivity contribution is -0.117. The highest BCUT2D eigenvalue weighted by Gasteiger charge is 2.31. The predicted octanol–water partition coefficient (Wildman–Crippen LogP) is 2.49. The highest BCUT2D eigenvalue weighted by atomic mass is 32.1. The van der Waals surface area contributed by atoms with E-state index in [1.807, 2.05) is 23.6 Å². The molecule has 0 N–H and O–H groups in total. The van der Waals surface area contributed by atoms with Crippen LogP contribution in [0.1, 0.15) is 6.42 Å². The van der Waals surface area contributed by atoms with Crippen molar-refractivity contribution in [1.82, 2.24) is 9.97 Å². The fourth-order valence-corrected chi connectivity index (χ4v) is 3.08. The van der Waals surface area contributed by atoms with Crippen LogP contribution in [0.5, 0.6) is 0 Å². The van der Waals surface area contributed by atoms with Crippen molar-refractivity contribution in [2.24, 2.45) is 5.92 Å². The van der Waals surface area contributed by atoms with Gasteiger partial charge in [-0.1, -0.05) is 6.07 Å². The molecule has 0 aliphatic carbocycles. The lowest BCUT2D eigenvalue weighted by atomic mass is 10.1. The number of thiol groups is 1. The minimum absolute atomic E-state index is 0.0855. The molecule has 1 fully saturated rings. The SMILES string of the molecule is O=C1CC(CS)CN1c1nccc(-c2cccs2)n1. The Morgan fingerprint density at radius 2 is 2.37 bits per heavy atom. The van der Waals surface area contributed by atoms with Gasteiger partial charge in [0.2, 0.25) is 11.9 Å². The van der Waals surface area contributed by atoms with Crippen molar-refractivity contribution in [3.8, 4) is 10.6 Å². The van der Waals surface area contributed by atoms with E-state index < -0.39 is 0 Å². The lowest BCUT2D eigenvalue weighted by Gasteiger charge is -2.14.